The maximum atomic E-state index is 12.3. The Labute approximate surface area is 189 Å². The fraction of sp³-hybridized carbons (Fsp3) is 0.381. The topological polar surface area (TPSA) is 109 Å². The summed E-state index contributed by atoms with van der Waals surface area (Å²) in [6, 6.07) is 11.9. The van der Waals surface area contributed by atoms with Gasteiger partial charge < -0.3 is 5.32 Å². The van der Waals surface area contributed by atoms with Gasteiger partial charge in [-0.15, -0.1) is 0 Å². The van der Waals surface area contributed by atoms with E-state index in [-0.39, 0.29) is 10.6 Å². The van der Waals surface area contributed by atoms with E-state index < -0.39 is 31.5 Å². The number of hydrogen-bond donors (Lipinski definition) is 2. The number of sulfonamides is 1. The zero-order valence-corrected chi connectivity index (χ0v) is 19.7. The van der Waals surface area contributed by atoms with E-state index in [1.165, 1.54) is 24.3 Å². The van der Waals surface area contributed by atoms with Crippen LogP contribution in [-0.2, 0) is 30.4 Å². The minimum atomic E-state index is -3.68. The lowest BCUT2D eigenvalue weighted by molar-refractivity contribution is -0.113. The molecule has 0 spiro atoms. The Morgan fingerprint density at radius 1 is 0.903 bits per heavy atom. The van der Waals surface area contributed by atoms with E-state index in [0.717, 1.165) is 25.7 Å². The average Bonchev–Trinajstić information content (AvgIpc) is 2.69. The van der Waals surface area contributed by atoms with Crippen molar-refractivity contribution in [3.8, 4) is 0 Å². The van der Waals surface area contributed by atoms with E-state index in [4.69, 9.17) is 11.6 Å². The van der Waals surface area contributed by atoms with Gasteiger partial charge in [0.1, 0.15) is 5.75 Å². The minimum absolute atomic E-state index is 0.0800. The molecule has 0 fully saturated rings. The van der Waals surface area contributed by atoms with Gasteiger partial charge in [-0.3, -0.25) is 4.79 Å². The fourth-order valence-corrected chi connectivity index (χ4v) is 5.32. The third-order valence-corrected chi connectivity index (χ3v) is 7.63. The molecule has 7 nitrogen and oxygen atoms in total. The Kier molecular flexibility index (Phi) is 9.49. The number of unbranched alkanes of at least 4 members (excludes halogenated alkanes) is 3. The summed E-state index contributed by atoms with van der Waals surface area (Å²) in [6.45, 7) is 2.45. The molecule has 2 aromatic rings. The predicted octanol–water partition coefficient (Wildman–Crippen LogP) is 3.75. The van der Waals surface area contributed by atoms with Gasteiger partial charge in [-0.25, -0.2) is 21.6 Å². The molecule has 0 radical (unpaired) electrons. The number of sulfone groups is 1. The molecule has 10 heteroatoms. The van der Waals surface area contributed by atoms with Crippen LogP contribution in [0, 0.1) is 0 Å². The molecule has 0 aromatic heterocycles. The van der Waals surface area contributed by atoms with Crippen molar-refractivity contribution in [2.45, 2.75) is 43.3 Å². The van der Waals surface area contributed by atoms with E-state index in [2.05, 4.69) is 17.0 Å². The van der Waals surface area contributed by atoms with Gasteiger partial charge in [0.15, 0.2) is 9.84 Å². The highest BCUT2D eigenvalue weighted by molar-refractivity contribution is 7.91. The van der Waals surface area contributed by atoms with Crippen LogP contribution in [0.15, 0.2) is 53.4 Å². The molecule has 0 aliphatic carbocycles. The SMILES string of the molecule is CCCCCCNS(=O)(=O)c1ccc(NC(=O)CS(=O)(=O)Cc2ccc(Cl)cc2)cc1. The Morgan fingerprint density at radius 2 is 1.55 bits per heavy atom. The number of halogens is 1. The van der Waals surface area contributed by atoms with Crippen LogP contribution in [0.3, 0.4) is 0 Å². The Balaban J connectivity index is 1.90. The average molecular weight is 487 g/mol. The lowest BCUT2D eigenvalue weighted by Gasteiger charge is -2.09. The van der Waals surface area contributed by atoms with Crippen LogP contribution in [0.25, 0.3) is 0 Å². The summed E-state index contributed by atoms with van der Waals surface area (Å²) < 4.78 is 51.7. The zero-order valence-electron chi connectivity index (χ0n) is 17.3. The highest BCUT2D eigenvalue weighted by atomic mass is 35.5. The van der Waals surface area contributed by atoms with Gasteiger partial charge in [0.05, 0.1) is 10.6 Å². The molecule has 170 valence electrons. The van der Waals surface area contributed by atoms with Gasteiger partial charge in [0.2, 0.25) is 15.9 Å². The molecule has 0 bridgehead atoms. The van der Waals surface area contributed by atoms with Crippen LogP contribution >= 0.6 is 11.6 Å². The molecule has 0 unspecified atom stereocenters. The summed E-state index contributed by atoms with van der Waals surface area (Å²) in [7, 11) is -7.30. The van der Waals surface area contributed by atoms with Crippen LogP contribution in [0.4, 0.5) is 5.69 Å². The molecule has 1 amide bonds. The third-order valence-electron chi connectivity index (χ3n) is 4.42. The Morgan fingerprint density at radius 3 is 2.16 bits per heavy atom. The van der Waals surface area contributed by atoms with E-state index in [1.54, 1.807) is 24.3 Å². The first kappa shape index (κ1) is 25.3. The molecular formula is C21H27ClN2O5S2. The van der Waals surface area contributed by atoms with Crippen molar-refractivity contribution in [2.24, 2.45) is 0 Å². The van der Waals surface area contributed by atoms with Crippen molar-refractivity contribution in [3.05, 3.63) is 59.1 Å². The number of nitrogens with one attached hydrogen (secondary N) is 2. The first-order valence-corrected chi connectivity index (χ1v) is 13.6. The van der Waals surface area contributed by atoms with Gasteiger partial charge in [-0.2, -0.15) is 0 Å². The summed E-state index contributed by atoms with van der Waals surface area (Å²) in [4.78, 5) is 12.2. The summed E-state index contributed by atoms with van der Waals surface area (Å²) in [5.74, 6) is -1.66. The first-order chi connectivity index (χ1) is 14.6. The monoisotopic (exact) mass is 486 g/mol. The Bertz CT molecular complexity index is 1070. The van der Waals surface area contributed by atoms with E-state index in [0.29, 0.717) is 22.8 Å². The third kappa shape index (κ3) is 8.98. The maximum absolute atomic E-state index is 12.3. The van der Waals surface area contributed by atoms with Crippen molar-refractivity contribution in [1.82, 2.24) is 4.72 Å². The smallest absolute Gasteiger partial charge is 0.240 e. The van der Waals surface area contributed by atoms with E-state index >= 15 is 0 Å². The number of hydrogen-bond acceptors (Lipinski definition) is 5. The number of amides is 1. The molecule has 31 heavy (non-hydrogen) atoms. The second kappa shape index (κ2) is 11.6. The first-order valence-electron chi connectivity index (χ1n) is 9.96. The lowest BCUT2D eigenvalue weighted by atomic mass is 10.2. The number of carbonyl (C=O) groups excluding carboxylic acids is 1. The van der Waals surface area contributed by atoms with Crippen molar-refractivity contribution in [2.75, 3.05) is 17.6 Å². The van der Waals surface area contributed by atoms with Crippen LogP contribution < -0.4 is 10.0 Å². The normalized spacial score (nSPS) is 11.9. The molecule has 0 saturated heterocycles. The highest BCUT2D eigenvalue weighted by Crippen LogP contribution is 2.16. The van der Waals surface area contributed by atoms with Crippen LogP contribution in [0.1, 0.15) is 38.2 Å². The zero-order chi connectivity index (χ0) is 22.9. The van der Waals surface area contributed by atoms with E-state index in [9.17, 15) is 21.6 Å². The fourth-order valence-electron chi connectivity index (χ4n) is 2.84. The van der Waals surface area contributed by atoms with Crippen LogP contribution in [0.2, 0.25) is 5.02 Å². The highest BCUT2D eigenvalue weighted by Gasteiger charge is 2.18. The van der Waals surface area contributed by atoms with Crippen molar-refractivity contribution >= 4 is 43.1 Å². The largest absolute Gasteiger partial charge is 0.325 e. The second-order valence-corrected chi connectivity index (χ2v) is 11.5. The minimum Gasteiger partial charge on any atom is -0.325 e. The van der Waals surface area contributed by atoms with E-state index in [1.807, 2.05) is 0 Å². The summed E-state index contributed by atoms with van der Waals surface area (Å²) in [6.07, 6.45) is 3.87. The van der Waals surface area contributed by atoms with Gasteiger partial charge in [-0.1, -0.05) is 49.9 Å². The number of anilines is 1. The molecule has 0 aliphatic heterocycles. The molecule has 2 rings (SSSR count). The number of carbonyl (C=O) groups is 1. The van der Waals surface area contributed by atoms with Gasteiger partial charge in [0.25, 0.3) is 0 Å². The molecule has 2 aromatic carbocycles. The molecule has 0 heterocycles. The quantitative estimate of drug-likeness (QED) is 0.444. The van der Waals surface area contributed by atoms with Crippen molar-refractivity contribution in [3.63, 3.8) is 0 Å². The van der Waals surface area contributed by atoms with Crippen LogP contribution in [-0.4, -0.2) is 35.0 Å². The lowest BCUT2D eigenvalue weighted by Crippen LogP contribution is -2.25. The molecule has 0 atom stereocenters. The van der Waals surface area contributed by atoms with Gasteiger partial charge in [-0.05, 0) is 48.4 Å². The maximum Gasteiger partial charge on any atom is 0.240 e. The molecule has 2 N–H and O–H groups in total. The molecule has 0 saturated carbocycles. The van der Waals surface area contributed by atoms with Gasteiger partial charge in [0, 0.05) is 17.3 Å². The summed E-state index contributed by atoms with van der Waals surface area (Å²) in [5, 5.41) is 2.98. The Hall–Kier alpha value is -1.94. The number of benzene rings is 2. The standard InChI is InChI=1S/C21H27ClN2O5S2/c1-2-3-4-5-14-23-31(28,29)20-12-10-19(11-13-20)24-21(25)16-30(26,27)15-17-6-8-18(22)9-7-17/h6-13,23H,2-5,14-16H2,1H3,(H,24,25). The summed E-state index contributed by atoms with van der Waals surface area (Å²) in [5.41, 5.74) is 0.850. The molecular weight excluding hydrogens is 460 g/mol. The van der Waals surface area contributed by atoms with Crippen LogP contribution in [0.5, 0.6) is 0 Å². The van der Waals surface area contributed by atoms with Crippen molar-refractivity contribution in [1.29, 1.82) is 0 Å². The van der Waals surface area contributed by atoms with Gasteiger partial charge >= 0.3 is 0 Å². The number of rotatable bonds is 12. The predicted molar refractivity (Wildman–Crippen MR) is 123 cm³/mol. The summed E-state index contributed by atoms with van der Waals surface area (Å²) >= 11 is 5.78. The second-order valence-electron chi connectivity index (χ2n) is 7.19. The molecule has 0 aliphatic rings. The van der Waals surface area contributed by atoms with Crippen molar-refractivity contribution < 1.29 is 21.6 Å².